The minimum absolute atomic E-state index is 0.0695. The predicted octanol–water partition coefficient (Wildman–Crippen LogP) is 2.49. The van der Waals surface area contributed by atoms with E-state index in [0.29, 0.717) is 31.5 Å². The van der Waals surface area contributed by atoms with Crippen LogP contribution in [-0.4, -0.2) is 36.9 Å². The van der Waals surface area contributed by atoms with E-state index in [1.165, 1.54) is 19.2 Å². The van der Waals surface area contributed by atoms with Crippen molar-refractivity contribution >= 4 is 11.8 Å². The zero-order chi connectivity index (χ0) is 17.2. The molecule has 0 aliphatic rings. The normalized spacial score (nSPS) is 10.3. The lowest BCUT2D eigenvalue weighted by Gasteiger charge is -2.18. The van der Waals surface area contributed by atoms with Gasteiger partial charge in [0.2, 0.25) is 11.8 Å². The van der Waals surface area contributed by atoms with Crippen LogP contribution in [0.15, 0.2) is 18.2 Å². The van der Waals surface area contributed by atoms with E-state index in [9.17, 15) is 14.0 Å². The van der Waals surface area contributed by atoms with Gasteiger partial charge in [-0.1, -0.05) is 6.07 Å². The average molecular weight is 324 g/mol. The fourth-order valence-corrected chi connectivity index (χ4v) is 2.24. The van der Waals surface area contributed by atoms with Crippen LogP contribution in [0.4, 0.5) is 4.39 Å². The fourth-order valence-electron chi connectivity index (χ4n) is 2.24. The summed E-state index contributed by atoms with van der Waals surface area (Å²) in [4.78, 5) is 25.3. The molecular formula is C17H25FN2O3. The number of ether oxygens (including phenoxy) is 1. The molecule has 128 valence electrons. The number of carbonyl (C=O) groups is 2. The van der Waals surface area contributed by atoms with E-state index in [1.54, 1.807) is 11.0 Å². The molecule has 0 saturated carbocycles. The first-order valence-electron chi connectivity index (χ1n) is 7.88. The molecule has 0 spiro atoms. The molecule has 0 radical (unpaired) electrons. The van der Waals surface area contributed by atoms with Crippen molar-refractivity contribution in [1.82, 2.24) is 10.2 Å². The van der Waals surface area contributed by atoms with Crippen LogP contribution in [0.2, 0.25) is 0 Å². The Kier molecular flexibility index (Phi) is 8.08. The van der Waals surface area contributed by atoms with Gasteiger partial charge in [0.1, 0.15) is 0 Å². The van der Waals surface area contributed by atoms with Crippen molar-refractivity contribution in [1.29, 1.82) is 0 Å². The van der Waals surface area contributed by atoms with Gasteiger partial charge >= 0.3 is 0 Å². The molecule has 5 nitrogen and oxygen atoms in total. The Hall–Kier alpha value is -2.11. The Morgan fingerprint density at radius 2 is 1.91 bits per heavy atom. The number of nitrogens with one attached hydrogen (secondary N) is 1. The second-order valence-corrected chi connectivity index (χ2v) is 5.17. The SMILES string of the molecule is CCN(CC)C(=O)CCCC(=O)NCc1ccc(OC)c(F)c1. The number of nitrogens with zero attached hydrogens (tertiary/aromatic N) is 1. The minimum atomic E-state index is -0.455. The highest BCUT2D eigenvalue weighted by Crippen LogP contribution is 2.17. The Bertz CT molecular complexity index is 531. The zero-order valence-corrected chi connectivity index (χ0v) is 14.0. The van der Waals surface area contributed by atoms with Crippen molar-refractivity contribution in [2.24, 2.45) is 0 Å². The summed E-state index contributed by atoms with van der Waals surface area (Å²) in [6, 6.07) is 4.56. The maximum Gasteiger partial charge on any atom is 0.222 e. The van der Waals surface area contributed by atoms with Gasteiger partial charge in [-0.15, -0.1) is 0 Å². The molecule has 0 heterocycles. The first kappa shape index (κ1) is 18.9. The molecule has 1 aromatic rings. The van der Waals surface area contributed by atoms with Crippen LogP contribution in [-0.2, 0) is 16.1 Å². The lowest BCUT2D eigenvalue weighted by Crippen LogP contribution is -2.30. The highest BCUT2D eigenvalue weighted by atomic mass is 19.1. The average Bonchev–Trinajstić information content (AvgIpc) is 2.54. The molecule has 1 rings (SSSR count). The Balaban J connectivity index is 2.32. The van der Waals surface area contributed by atoms with Gasteiger partial charge in [-0.05, 0) is 38.0 Å². The van der Waals surface area contributed by atoms with E-state index in [4.69, 9.17) is 4.74 Å². The molecule has 0 aliphatic heterocycles. The van der Waals surface area contributed by atoms with Crippen molar-refractivity contribution < 1.29 is 18.7 Å². The number of carbonyl (C=O) groups excluding carboxylic acids is 2. The number of benzene rings is 1. The molecule has 2 amide bonds. The largest absolute Gasteiger partial charge is 0.494 e. The third-order valence-corrected chi connectivity index (χ3v) is 3.62. The van der Waals surface area contributed by atoms with Crippen LogP contribution >= 0.6 is 0 Å². The van der Waals surface area contributed by atoms with E-state index < -0.39 is 5.82 Å². The number of rotatable bonds is 9. The zero-order valence-electron chi connectivity index (χ0n) is 14.0. The van der Waals surface area contributed by atoms with Crippen LogP contribution in [0.5, 0.6) is 5.75 Å². The monoisotopic (exact) mass is 324 g/mol. The number of methoxy groups -OCH3 is 1. The number of hydrogen-bond acceptors (Lipinski definition) is 3. The highest BCUT2D eigenvalue weighted by Gasteiger charge is 2.10. The van der Waals surface area contributed by atoms with E-state index >= 15 is 0 Å². The maximum absolute atomic E-state index is 13.5. The second kappa shape index (κ2) is 9.82. The summed E-state index contributed by atoms with van der Waals surface area (Å²) in [5, 5.41) is 2.72. The standard InChI is InChI=1S/C17H25FN2O3/c1-4-20(5-2)17(22)8-6-7-16(21)19-12-13-9-10-15(23-3)14(18)11-13/h9-11H,4-8,12H2,1-3H3,(H,19,21). The summed E-state index contributed by atoms with van der Waals surface area (Å²) in [5.74, 6) is -0.354. The Labute approximate surface area is 136 Å². The lowest BCUT2D eigenvalue weighted by molar-refractivity contribution is -0.131. The Morgan fingerprint density at radius 3 is 2.48 bits per heavy atom. The van der Waals surface area contributed by atoms with Crippen LogP contribution < -0.4 is 10.1 Å². The Morgan fingerprint density at radius 1 is 1.22 bits per heavy atom. The number of halogens is 1. The summed E-state index contributed by atoms with van der Waals surface area (Å²) < 4.78 is 18.4. The van der Waals surface area contributed by atoms with Crippen molar-refractivity contribution in [2.45, 2.75) is 39.7 Å². The summed E-state index contributed by atoms with van der Waals surface area (Å²) in [7, 11) is 1.40. The topological polar surface area (TPSA) is 58.6 Å². The molecule has 23 heavy (non-hydrogen) atoms. The van der Waals surface area contributed by atoms with E-state index in [0.717, 1.165) is 0 Å². The maximum atomic E-state index is 13.5. The first-order valence-corrected chi connectivity index (χ1v) is 7.88. The number of hydrogen-bond donors (Lipinski definition) is 1. The summed E-state index contributed by atoms with van der Waals surface area (Å²) in [5.41, 5.74) is 0.663. The summed E-state index contributed by atoms with van der Waals surface area (Å²) in [6.45, 7) is 5.49. The molecule has 1 N–H and O–H groups in total. The van der Waals surface area contributed by atoms with Crippen LogP contribution in [0, 0.1) is 5.82 Å². The molecule has 0 bridgehead atoms. The quantitative estimate of drug-likeness (QED) is 0.759. The minimum Gasteiger partial charge on any atom is -0.494 e. The van der Waals surface area contributed by atoms with E-state index in [-0.39, 0.29) is 30.5 Å². The van der Waals surface area contributed by atoms with Gasteiger partial charge in [0.05, 0.1) is 7.11 Å². The van der Waals surface area contributed by atoms with Crippen molar-refractivity contribution in [3.8, 4) is 5.75 Å². The molecule has 1 aromatic carbocycles. The molecule has 0 fully saturated rings. The predicted molar refractivity (Wildman–Crippen MR) is 86.6 cm³/mol. The first-order chi connectivity index (χ1) is 11.0. The van der Waals surface area contributed by atoms with Crippen molar-refractivity contribution in [3.63, 3.8) is 0 Å². The third-order valence-electron chi connectivity index (χ3n) is 3.62. The van der Waals surface area contributed by atoms with Crippen LogP contribution in [0.25, 0.3) is 0 Å². The fraction of sp³-hybridized carbons (Fsp3) is 0.529. The van der Waals surface area contributed by atoms with Crippen molar-refractivity contribution in [2.75, 3.05) is 20.2 Å². The molecule has 0 aliphatic carbocycles. The van der Waals surface area contributed by atoms with Crippen molar-refractivity contribution in [3.05, 3.63) is 29.6 Å². The van der Waals surface area contributed by atoms with Gasteiger partial charge in [-0.2, -0.15) is 0 Å². The summed E-state index contributed by atoms with van der Waals surface area (Å²) >= 11 is 0. The van der Waals surface area contributed by atoms with Gasteiger partial charge < -0.3 is 15.0 Å². The van der Waals surface area contributed by atoms with E-state index in [2.05, 4.69) is 5.32 Å². The number of amides is 2. The second-order valence-electron chi connectivity index (χ2n) is 5.17. The van der Waals surface area contributed by atoms with Gasteiger partial charge in [0.15, 0.2) is 11.6 Å². The molecular weight excluding hydrogens is 299 g/mol. The van der Waals surface area contributed by atoms with Gasteiger partial charge in [-0.3, -0.25) is 9.59 Å². The van der Waals surface area contributed by atoms with Crippen LogP contribution in [0.1, 0.15) is 38.7 Å². The third kappa shape index (κ3) is 6.26. The van der Waals surface area contributed by atoms with Gasteiger partial charge in [0.25, 0.3) is 0 Å². The molecule has 0 unspecified atom stereocenters. The molecule has 0 aromatic heterocycles. The molecule has 0 saturated heterocycles. The molecule has 6 heteroatoms. The molecule has 0 atom stereocenters. The van der Waals surface area contributed by atoms with Gasteiger partial charge in [0, 0.05) is 32.5 Å². The summed E-state index contributed by atoms with van der Waals surface area (Å²) in [6.07, 6.45) is 1.16. The van der Waals surface area contributed by atoms with Gasteiger partial charge in [-0.25, -0.2) is 4.39 Å². The lowest BCUT2D eigenvalue weighted by atomic mass is 10.2. The smallest absolute Gasteiger partial charge is 0.222 e. The highest BCUT2D eigenvalue weighted by molar-refractivity contribution is 5.78. The van der Waals surface area contributed by atoms with Crippen LogP contribution in [0.3, 0.4) is 0 Å². The van der Waals surface area contributed by atoms with E-state index in [1.807, 2.05) is 13.8 Å².